The van der Waals surface area contributed by atoms with Gasteiger partial charge in [-0.3, -0.25) is 14.9 Å². The predicted octanol–water partition coefficient (Wildman–Crippen LogP) is 1.34. The van der Waals surface area contributed by atoms with Gasteiger partial charge in [0.1, 0.15) is 5.69 Å². The van der Waals surface area contributed by atoms with Crippen LogP contribution >= 0.6 is 0 Å². The Morgan fingerprint density at radius 3 is 2.48 bits per heavy atom. The number of nitro groups is 1. The van der Waals surface area contributed by atoms with Crippen LogP contribution in [-0.2, 0) is 0 Å². The van der Waals surface area contributed by atoms with Gasteiger partial charge in [-0.1, -0.05) is 0 Å². The summed E-state index contributed by atoms with van der Waals surface area (Å²) in [6.07, 6.45) is 1.86. The maximum atomic E-state index is 12.4. The lowest BCUT2D eigenvalue weighted by atomic mass is 10.0. The first kappa shape index (κ1) is 15.2. The van der Waals surface area contributed by atoms with Crippen LogP contribution in [0.1, 0.15) is 23.2 Å². The van der Waals surface area contributed by atoms with E-state index in [1.165, 1.54) is 18.2 Å². The molecule has 7 heteroatoms. The lowest BCUT2D eigenvalue weighted by Crippen LogP contribution is -2.44. The minimum Gasteiger partial charge on any atom is -0.393 e. The second-order valence-electron chi connectivity index (χ2n) is 5.52. The number of anilines is 1. The molecule has 2 rings (SSSR count). The number of rotatable bonds is 3. The standard InChI is InChI=1S/C14H20N4O3/c1-16(2)11-5-7-17(8-6-11)14(19)10-3-4-13(18(20)21)12(15)9-10/h3-4,9,11H,5-8,15H2,1-2H3. The Kier molecular flexibility index (Phi) is 4.42. The van der Waals surface area contributed by atoms with E-state index in [4.69, 9.17) is 5.73 Å². The molecule has 0 spiro atoms. The number of piperidine rings is 1. The third-order valence-corrected chi connectivity index (χ3v) is 3.95. The number of carbonyl (C=O) groups is 1. The van der Waals surface area contributed by atoms with Crippen molar-refractivity contribution in [2.45, 2.75) is 18.9 Å². The molecule has 1 aliphatic heterocycles. The van der Waals surface area contributed by atoms with Crippen LogP contribution in [0.4, 0.5) is 11.4 Å². The molecule has 0 aromatic heterocycles. The Hall–Kier alpha value is -2.15. The zero-order valence-electron chi connectivity index (χ0n) is 12.3. The van der Waals surface area contributed by atoms with Gasteiger partial charge in [0.2, 0.25) is 0 Å². The molecular formula is C14H20N4O3. The van der Waals surface area contributed by atoms with E-state index in [-0.39, 0.29) is 17.3 Å². The predicted molar refractivity (Wildman–Crippen MR) is 80.1 cm³/mol. The third kappa shape index (κ3) is 3.30. The van der Waals surface area contributed by atoms with Gasteiger partial charge in [0.15, 0.2) is 0 Å². The minimum absolute atomic E-state index is 0.0222. The molecule has 0 bridgehead atoms. The SMILES string of the molecule is CN(C)C1CCN(C(=O)c2ccc([N+](=O)[O-])c(N)c2)CC1. The van der Waals surface area contributed by atoms with Crippen molar-refractivity contribution in [1.29, 1.82) is 0 Å². The maximum absolute atomic E-state index is 12.4. The molecule has 1 amide bonds. The fourth-order valence-electron chi connectivity index (χ4n) is 2.62. The molecule has 0 saturated carbocycles. The number of nitrogen functional groups attached to an aromatic ring is 1. The van der Waals surface area contributed by atoms with Gasteiger partial charge >= 0.3 is 0 Å². The summed E-state index contributed by atoms with van der Waals surface area (Å²) in [6, 6.07) is 4.64. The van der Waals surface area contributed by atoms with Crippen LogP contribution in [0.25, 0.3) is 0 Å². The van der Waals surface area contributed by atoms with Gasteiger partial charge < -0.3 is 15.5 Å². The quantitative estimate of drug-likeness (QED) is 0.515. The first-order valence-corrected chi connectivity index (χ1v) is 6.89. The van der Waals surface area contributed by atoms with Crippen LogP contribution < -0.4 is 5.73 Å². The number of benzene rings is 1. The monoisotopic (exact) mass is 292 g/mol. The zero-order valence-corrected chi connectivity index (χ0v) is 12.3. The zero-order chi connectivity index (χ0) is 15.6. The van der Waals surface area contributed by atoms with E-state index in [2.05, 4.69) is 4.90 Å². The fourth-order valence-corrected chi connectivity index (χ4v) is 2.62. The van der Waals surface area contributed by atoms with E-state index in [1.807, 2.05) is 14.1 Å². The number of nitro benzene ring substituents is 1. The number of nitrogens with two attached hydrogens (primary N) is 1. The first-order valence-electron chi connectivity index (χ1n) is 6.89. The van der Waals surface area contributed by atoms with Crippen LogP contribution in [0, 0.1) is 10.1 Å². The molecule has 21 heavy (non-hydrogen) atoms. The molecule has 0 radical (unpaired) electrons. The van der Waals surface area contributed by atoms with Crippen LogP contribution in [-0.4, -0.2) is 53.9 Å². The topological polar surface area (TPSA) is 92.7 Å². The van der Waals surface area contributed by atoms with E-state index in [0.717, 1.165) is 12.8 Å². The number of amides is 1. The normalized spacial score (nSPS) is 16.2. The Morgan fingerprint density at radius 1 is 1.38 bits per heavy atom. The van der Waals surface area contributed by atoms with Crippen molar-refractivity contribution in [3.63, 3.8) is 0 Å². The van der Waals surface area contributed by atoms with Gasteiger partial charge in [-0.2, -0.15) is 0 Å². The molecule has 2 N–H and O–H groups in total. The molecule has 114 valence electrons. The van der Waals surface area contributed by atoms with Crippen LogP contribution in [0.2, 0.25) is 0 Å². The second kappa shape index (κ2) is 6.09. The maximum Gasteiger partial charge on any atom is 0.292 e. The summed E-state index contributed by atoms with van der Waals surface area (Å²) in [6.45, 7) is 1.39. The van der Waals surface area contributed by atoms with E-state index in [1.54, 1.807) is 4.90 Å². The average molecular weight is 292 g/mol. The Morgan fingerprint density at radius 2 is 2.00 bits per heavy atom. The summed E-state index contributed by atoms with van der Waals surface area (Å²) >= 11 is 0. The molecule has 0 unspecified atom stereocenters. The number of nitrogens with zero attached hydrogens (tertiary/aromatic N) is 3. The molecule has 1 aromatic rings. The first-order chi connectivity index (χ1) is 9.90. The summed E-state index contributed by atoms with van der Waals surface area (Å²) in [5.41, 5.74) is 5.89. The van der Waals surface area contributed by atoms with Crippen molar-refractivity contribution in [3.05, 3.63) is 33.9 Å². The molecule has 1 saturated heterocycles. The number of likely N-dealkylation sites (tertiary alicyclic amines) is 1. The van der Waals surface area contributed by atoms with E-state index in [0.29, 0.717) is 24.7 Å². The van der Waals surface area contributed by atoms with E-state index < -0.39 is 4.92 Å². The highest BCUT2D eigenvalue weighted by atomic mass is 16.6. The summed E-state index contributed by atoms with van der Waals surface area (Å²) in [7, 11) is 4.08. The number of hydrogen-bond acceptors (Lipinski definition) is 5. The lowest BCUT2D eigenvalue weighted by Gasteiger charge is -2.35. The highest BCUT2D eigenvalue weighted by Crippen LogP contribution is 2.24. The van der Waals surface area contributed by atoms with Crippen LogP contribution in [0.3, 0.4) is 0 Å². The van der Waals surface area contributed by atoms with Crippen LogP contribution in [0.5, 0.6) is 0 Å². The fraction of sp³-hybridized carbons (Fsp3) is 0.500. The number of carbonyl (C=O) groups excluding carboxylic acids is 1. The molecule has 1 fully saturated rings. The second-order valence-corrected chi connectivity index (χ2v) is 5.52. The Balaban J connectivity index is 2.08. The van der Waals surface area contributed by atoms with Gasteiger partial charge in [0, 0.05) is 30.8 Å². The molecule has 0 atom stereocenters. The van der Waals surface area contributed by atoms with Gasteiger partial charge in [0.05, 0.1) is 4.92 Å². The molecule has 1 heterocycles. The Bertz CT molecular complexity index is 551. The van der Waals surface area contributed by atoms with Crippen molar-refractivity contribution < 1.29 is 9.72 Å². The lowest BCUT2D eigenvalue weighted by molar-refractivity contribution is -0.383. The van der Waals surface area contributed by atoms with Gasteiger partial charge in [-0.05, 0) is 39.1 Å². The highest BCUT2D eigenvalue weighted by molar-refractivity contribution is 5.95. The van der Waals surface area contributed by atoms with E-state index in [9.17, 15) is 14.9 Å². The summed E-state index contributed by atoms with van der Waals surface area (Å²) in [4.78, 5) is 26.5. The van der Waals surface area contributed by atoms with Crippen molar-refractivity contribution in [2.24, 2.45) is 0 Å². The third-order valence-electron chi connectivity index (χ3n) is 3.95. The van der Waals surface area contributed by atoms with Gasteiger partial charge in [-0.15, -0.1) is 0 Å². The molecule has 1 aliphatic rings. The van der Waals surface area contributed by atoms with Crippen molar-refractivity contribution in [3.8, 4) is 0 Å². The van der Waals surface area contributed by atoms with Crippen molar-refractivity contribution >= 4 is 17.3 Å². The summed E-state index contributed by atoms with van der Waals surface area (Å²) in [5, 5.41) is 10.7. The highest BCUT2D eigenvalue weighted by Gasteiger charge is 2.25. The average Bonchev–Trinajstić information content (AvgIpc) is 2.46. The van der Waals surface area contributed by atoms with Crippen molar-refractivity contribution in [1.82, 2.24) is 9.80 Å². The van der Waals surface area contributed by atoms with Crippen LogP contribution in [0.15, 0.2) is 18.2 Å². The molecule has 0 aliphatic carbocycles. The van der Waals surface area contributed by atoms with Crippen molar-refractivity contribution in [2.75, 3.05) is 32.9 Å². The van der Waals surface area contributed by atoms with Gasteiger partial charge in [-0.25, -0.2) is 0 Å². The summed E-state index contributed by atoms with van der Waals surface area (Å²) in [5.74, 6) is -0.117. The Labute approximate surface area is 123 Å². The molecular weight excluding hydrogens is 272 g/mol. The van der Waals surface area contributed by atoms with Gasteiger partial charge in [0.25, 0.3) is 11.6 Å². The largest absolute Gasteiger partial charge is 0.393 e. The smallest absolute Gasteiger partial charge is 0.292 e. The minimum atomic E-state index is -0.549. The molecule has 7 nitrogen and oxygen atoms in total. The van der Waals surface area contributed by atoms with E-state index >= 15 is 0 Å². The number of hydrogen-bond donors (Lipinski definition) is 1. The molecule has 1 aromatic carbocycles. The summed E-state index contributed by atoms with van der Waals surface area (Å²) < 4.78 is 0.